The van der Waals surface area contributed by atoms with Gasteiger partial charge in [-0.3, -0.25) is 4.79 Å². The summed E-state index contributed by atoms with van der Waals surface area (Å²) in [5.74, 6) is 0.456. The molecule has 2 aromatic carbocycles. The van der Waals surface area contributed by atoms with E-state index in [1.54, 1.807) is 19.1 Å². The first-order valence-corrected chi connectivity index (χ1v) is 8.67. The molecule has 120 valence electrons. The van der Waals surface area contributed by atoms with Crippen molar-refractivity contribution in [3.63, 3.8) is 0 Å². The largest absolute Gasteiger partial charge is 0.479 e. The smallest absolute Gasteiger partial charge is 0.268 e. The molecule has 3 rings (SSSR count). The molecule has 0 bridgehead atoms. The van der Waals surface area contributed by atoms with E-state index < -0.39 is 6.10 Å². The standard InChI is InChI=1S/C18H17BrClNO2/c1-11-9-13-5-3-4-6-16(13)21(11)18(22)12(2)23-17-8-7-14(19)10-15(17)20/h3-8,10-12H,9H2,1-2H3/t11-,12+/m0/s1. The summed E-state index contributed by atoms with van der Waals surface area (Å²) in [7, 11) is 0. The molecule has 0 saturated heterocycles. The van der Waals surface area contributed by atoms with Gasteiger partial charge in [0.15, 0.2) is 6.10 Å². The van der Waals surface area contributed by atoms with Crippen LogP contribution in [0.4, 0.5) is 5.69 Å². The van der Waals surface area contributed by atoms with Crippen LogP contribution in [0.15, 0.2) is 46.9 Å². The van der Waals surface area contributed by atoms with Gasteiger partial charge in [-0.1, -0.05) is 45.7 Å². The minimum absolute atomic E-state index is 0.0542. The molecule has 0 N–H and O–H groups in total. The number of halogens is 2. The molecule has 2 atom stereocenters. The van der Waals surface area contributed by atoms with E-state index in [9.17, 15) is 4.79 Å². The Morgan fingerprint density at radius 2 is 2.09 bits per heavy atom. The van der Waals surface area contributed by atoms with Gasteiger partial charge in [-0.05, 0) is 50.1 Å². The Hall–Kier alpha value is -1.52. The zero-order valence-corrected chi connectivity index (χ0v) is 15.3. The Balaban J connectivity index is 1.80. The molecule has 2 aromatic rings. The average Bonchev–Trinajstić information content (AvgIpc) is 2.85. The first-order valence-electron chi connectivity index (χ1n) is 7.50. The van der Waals surface area contributed by atoms with Gasteiger partial charge in [0.1, 0.15) is 5.75 Å². The quantitative estimate of drug-likeness (QED) is 0.745. The van der Waals surface area contributed by atoms with E-state index in [-0.39, 0.29) is 11.9 Å². The molecule has 0 spiro atoms. The number of carbonyl (C=O) groups excluding carboxylic acids is 1. The van der Waals surface area contributed by atoms with E-state index in [0.29, 0.717) is 10.8 Å². The molecule has 23 heavy (non-hydrogen) atoms. The van der Waals surface area contributed by atoms with E-state index in [2.05, 4.69) is 28.9 Å². The highest BCUT2D eigenvalue weighted by atomic mass is 79.9. The van der Waals surface area contributed by atoms with Gasteiger partial charge >= 0.3 is 0 Å². The van der Waals surface area contributed by atoms with Crippen LogP contribution in [0.1, 0.15) is 19.4 Å². The van der Waals surface area contributed by atoms with Gasteiger partial charge in [0.25, 0.3) is 5.91 Å². The number of anilines is 1. The summed E-state index contributed by atoms with van der Waals surface area (Å²) in [5.41, 5.74) is 2.17. The van der Waals surface area contributed by atoms with Gasteiger partial charge in [0.05, 0.1) is 5.02 Å². The summed E-state index contributed by atoms with van der Waals surface area (Å²) < 4.78 is 6.66. The van der Waals surface area contributed by atoms with E-state index in [4.69, 9.17) is 16.3 Å². The molecule has 0 aromatic heterocycles. The van der Waals surface area contributed by atoms with Crippen LogP contribution in [-0.2, 0) is 11.2 Å². The van der Waals surface area contributed by atoms with Crippen LogP contribution in [0, 0.1) is 0 Å². The second kappa shape index (κ2) is 6.54. The molecule has 0 saturated carbocycles. The predicted molar refractivity (Wildman–Crippen MR) is 96.3 cm³/mol. The van der Waals surface area contributed by atoms with E-state index in [1.165, 1.54) is 5.56 Å². The summed E-state index contributed by atoms with van der Waals surface area (Å²) in [5, 5.41) is 0.480. The number of rotatable bonds is 3. The molecule has 3 nitrogen and oxygen atoms in total. The average molecular weight is 395 g/mol. The van der Waals surface area contributed by atoms with Gasteiger partial charge in [-0.15, -0.1) is 0 Å². The molecular formula is C18H17BrClNO2. The van der Waals surface area contributed by atoms with Crippen LogP contribution in [0.3, 0.4) is 0 Å². The van der Waals surface area contributed by atoms with Crippen molar-refractivity contribution in [2.24, 2.45) is 0 Å². The summed E-state index contributed by atoms with van der Waals surface area (Å²) in [6.07, 6.45) is 0.260. The van der Waals surface area contributed by atoms with Crippen molar-refractivity contribution in [3.05, 3.63) is 57.5 Å². The number of carbonyl (C=O) groups is 1. The topological polar surface area (TPSA) is 29.5 Å². The van der Waals surface area contributed by atoms with E-state index in [1.807, 2.05) is 29.2 Å². The van der Waals surface area contributed by atoms with E-state index >= 15 is 0 Å². The number of para-hydroxylation sites is 1. The number of hydrogen-bond acceptors (Lipinski definition) is 2. The maximum absolute atomic E-state index is 12.8. The normalized spacial score (nSPS) is 17.7. The van der Waals surface area contributed by atoms with Crippen molar-refractivity contribution in [1.82, 2.24) is 0 Å². The van der Waals surface area contributed by atoms with Crippen LogP contribution in [0.2, 0.25) is 5.02 Å². The number of hydrogen-bond donors (Lipinski definition) is 0. The molecule has 0 aliphatic carbocycles. The van der Waals surface area contributed by atoms with Crippen molar-refractivity contribution in [3.8, 4) is 5.75 Å². The molecule has 1 heterocycles. The number of fused-ring (bicyclic) bond motifs is 1. The molecule has 0 unspecified atom stereocenters. The highest BCUT2D eigenvalue weighted by Crippen LogP contribution is 2.33. The Morgan fingerprint density at radius 1 is 1.35 bits per heavy atom. The molecule has 5 heteroatoms. The Morgan fingerprint density at radius 3 is 2.83 bits per heavy atom. The van der Waals surface area contributed by atoms with Crippen molar-refractivity contribution in [2.45, 2.75) is 32.4 Å². The third kappa shape index (κ3) is 3.24. The number of amides is 1. The van der Waals surface area contributed by atoms with Crippen molar-refractivity contribution >= 4 is 39.1 Å². The van der Waals surface area contributed by atoms with Crippen molar-refractivity contribution in [1.29, 1.82) is 0 Å². The van der Waals surface area contributed by atoms with E-state index in [0.717, 1.165) is 16.6 Å². The van der Waals surface area contributed by atoms with Gasteiger partial charge in [0.2, 0.25) is 0 Å². The second-order valence-electron chi connectivity index (χ2n) is 5.72. The van der Waals surface area contributed by atoms with Crippen LogP contribution in [0.5, 0.6) is 5.75 Å². The molecule has 0 radical (unpaired) electrons. The Kier molecular flexibility index (Phi) is 4.64. The molecule has 1 amide bonds. The lowest BCUT2D eigenvalue weighted by Crippen LogP contribution is -2.43. The summed E-state index contributed by atoms with van der Waals surface area (Å²) >= 11 is 9.52. The minimum atomic E-state index is -0.609. The van der Waals surface area contributed by atoms with Crippen molar-refractivity contribution in [2.75, 3.05) is 4.90 Å². The zero-order valence-electron chi connectivity index (χ0n) is 12.9. The maximum atomic E-state index is 12.8. The summed E-state index contributed by atoms with van der Waals surface area (Å²) in [6, 6.07) is 13.5. The third-order valence-corrected chi connectivity index (χ3v) is 4.78. The van der Waals surface area contributed by atoms with Gasteiger partial charge in [0, 0.05) is 16.2 Å². The lowest BCUT2D eigenvalue weighted by molar-refractivity contribution is -0.124. The Bertz CT molecular complexity index is 750. The highest BCUT2D eigenvalue weighted by molar-refractivity contribution is 9.10. The van der Waals surface area contributed by atoms with Gasteiger partial charge in [-0.25, -0.2) is 0 Å². The first kappa shape index (κ1) is 16.3. The fraction of sp³-hybridized carbons (Fsp3) is 0.278. The second-order valence-corrected chi connectivity index (χ2v) is 7.05. The molecule has 1 aliphatic rings. The lowest BCUT2D eigenvalue weighted by Gasteiger charge is -2.26. The molecular weight excluding hydrogens is 378 g/mol. The summed E-state index contributed by atoms with van der Waals surface area (Å²) in [4.78, 5) is 14.7. The monoisotopic (exact) mass is 393 g/mol. The van der Waals surface area contributed by atoms with Crippen LogP contribution >= 0.6 is 27.5 Å². The number of nitrogens with zero attached hydrogens (tertiary/aromatic N) is 1. The SMILES string of the molecule is C[C@@H](Oc1ccc(Br)cc1Cl)C(=O)N1c2ccccc2C[C@@H]1C. The minimum Gasteiger partial charge on any atom is -0.479 e. The third-order valence-electron chi connectivity index (χ3n) is 3.99. The highest BCUT2D eigenvalue weighted by Gasteiger charge is 2.34. The van der Waals surface area contributed by atoms with Gasteiger partial charge in [-0.2, -0.15) is 0 Å². The fourth-order valence-electron chi connectivity index (χ4n) is 2.91. The molecule has 0 fully saturated rings. The maximum Gasteiger partial charge on any atom is 0.268 e. The fourth-order valence-corrected chi connectivity index (χ4v) is 3.63. The lowest BCUT2D eigenvalue weighted by atomic mass is 10.1. The van der Waals surface area contributed by atoms with Gasteiger partial charge < -0.3 is 9.64 Å². The number of benzene rings is 2. The first-order chi connectivity index (χ1) is 11.0. The summed E-state index contributed by atoms with van der Waals surface area (Å²) in [6.45, 7) is 3.81. The van der Waals surface area contributed by atoms with Crippen LogP contribution in [0.25, 0.3) is 0 Å². The zero-order chi connectivity index (χ0) is 16.6. The molecule has 1 aliphatic heterocycles. The number of ether oxygens (including phenoxy) is 1. The van der Waals surface area contributed by atoms with Crippen molar-refractivity contribution < 1.29 is 9.53 Å². The van der Waals surface area contributed by atoms with Crippen LogP contribution in [-0.4, -0.2) is 18.1 Å². The van der Waals surface area contributed by atoms with Crippen LogP contribution < -0.4 is 9.64 Å². The Labute approximate surface area is 149 Å². The predicted octanol–water partition coefficient (Wildman–Crippen LogP) is 4.85.